The van der Waals surface area contributed by atoms with Crippen molar-refractivity contribution in [1.29, 1.82) is 0 Å². The van der Waals surface area contributed by atoms with E-state index in [4.69, 9.17) is 4.74 Å². The Morgan fingerprint density at radius 2 is 1.57 bits per heavy atom. The monoisotopic (exact) mass is 538 g/mol. The second-order valence-corrected chi connectivity index (χ2v) is 12.0. The van der Waals surface area contributed by atoms with Crippen molar-refractivity contribution in [2.45, 2.75) is 78.2 Å². The molecule has 4 heteroatoms. The SMILES string of the molecule is CC=C(CCCC(C)(C)c1cc(C=CC(=O)c2ccccc2OC)cc(C(C)(C)C)c1)C(=O)C[n+]1ccccc1. The summed E-state index contributed by atoms with van der Waals surface area (Å²) in [5.41, 5.74) is 4.75. The van der Waals surface area contributed by atoms with E-state index in [-0.39, 0.29) is 22.4 Å². The van der Waals surface area contributed by atoms with E-state index in [9.17, 15) is 9.59 Å². The van der Waals surface area contributed by atoms with Crippen molar-refractivity contribution in [2.24, 2.45) is 0 Å². The molecule has 3 rings (SSSR count). The summed E-state index contributed by atoms with van der Waals surface area (Å²) in [7, 11) is 1.58. The maximum Gasteiger partial charge on any atom is 0.223 e. The smallest absolute Gasteiger partial charge is 0.223 e. The fraction of sp³-hybridized carbons (Fsp3) is 0.361. The lowest BCUT2D eigenvalue weighted by Crippen LogP contribution is -2.37. The largest absolute Gasteiger partial charge is 0.496 e. The molecule has 4 nitrogen and oxygen atoms in total. The molecule has 0 saturated carbocycles. The summed E-state index contributed by atoms with van der Waals surface area (Å²) in [5.74, 6) is 0.652. The van der Waals surface area contributed by atoms with Crippen LogP contribution in [0.2, 0.25) is 0 Å². The summed E-state index contributed by atoms with van der Waals surface area (Å²) < 4.78 is 7.29. The van der Waals surface area contributed by atoms with Crippen molar-refractivity contribution in [3.63, 3.8) is 0 Å². The van der Waals surface area contributed by atoms with Gasteiger partial charge in [-0.1, -0.05) is 83.2 Å². The Morgan fingerprint density at radius 3 is 2.23 bits per heavy atom. The number of Topliss-reactive ketones (excluding diaryl/α,β-unsaturated/α-hetero) is 1. The van der Waals surface area contributed by atoms with Gasteiger partial charge in [-0.3, -0.25) is 9.59 Å². The third kappa shape index (κ3) is 8.35. The van der Waals surface area contributed by atoms with Gasteiger partial charge in [-0.25, -0.2) is 0 Å². The minimum atomic E-state index is -0.105. The van der Waals surface area contributed by atoms with Crippen LogP contribution < -0.4 is 9.30 Å². The molecule has 1 heterocycles. The minimum absolute atomic E-state index is 0.0407. The predicted octanol–water partition coefficient (Wildman–Crippen LogP) is 7.84. The molecule has 0 atom stereocenters. The molecule has 210 valence electrons. The molecular formula is C36H44NO3+. The predicted molar refractivity (Wildman–Crippen MR) is 164 cm³/mol. The average Bonchev–Trinajstić information content (AvgIpc) is 2.93. The Labute approximate surface area is 240 Å². The van der Waals surface area contributed by atoms with E-state index in [0.29, 0.717) is 17.9 Å². The topological polar surface area (TPSA) is 47.3 Å². The number of ketones is 2. The van der Waals surface area contributed by atoms with E-state index in [1.165, 1.54) is 11.1 Å². The van der Waals surface area contributed by atoms with Crippen molar-refractivity contribution in [3.8, 4) is 5.75 Å². The molecule has 0 aliphatic rings. The van der Waals surface area contributed by atoms with Crippen molar-refractivity contribution in [2.75, 3.05) is 7.11 Å². The summed E-state index contributed by atoms with van der Waals surface area (Å²) in [6, 6.07) is 19.8. The Bertz CT molecular complexity index is 1370. The molecule has 3 aromatic rings. The van der Waals surface area contributed by atoms with E-state index in [1.54, 1.807) is 25.3 Å². The van der Waals surface area contributed by atoms with Gasteiger partial charge in [0.2, 0.25) is 12.3 Å². The minimum Gasteiger partial charge on any atom is -0.496 e. The summed E-state index contributed by atoms with van der Waals surface area (Å²) in [4.78, 5) is 25.9. The number of methoxy groups -OCH3 is 1. The molecule has 0 amide bonds. The molecular weight excluding hydrogens is 494 g/mol. The van der Waals surface area contributed by atoms with Gasteiger partial charge < -0.3 is 4.74 Å². The second kappa shape index (κ2) is 13.5. The van der Waals surface area contributed by atoms with Gasteiger partial charge >= 0.3 is 0 Å². The molecule has 0 saturated heterocycles. The number of ether oxygens (including phenoxy) is 1. The van der Waals surface area contributed by atoms with Crippen molar-refractivity contribution in [3.05, 3.63) is 113 Å². The van der Waals surface area contributed by atoms with Gasteiger partial charge in [0.15, 0.2) is 18.2 Å². The van der Waals surface area contributed by atoms with Crippen LogP contribution in [0, 0.1) is 0 Å². The summed E-state index contributed by atoms with van der Waals surface area (Å²) in [5, 5.41) is 0. The Hall–Kier alpha value is -3.79. The first-order valence-corrected chi connectivity index (χ1v) is 14.1. The van der Waals surface area contributed by atoms with Crippen molar-refractivity contribution in [1.82, 2.24) is 0 Å². The van der Waals surface area contributed by atoms with E-state index >= 15 is 0 Å². The lowest BCUT2D eigenvalue weighted by molar-refractivity contribution is -0.684. The highest BCUT2D eigenvalue weighted by atomic mass is 16.5. The van der Waals surface area contributed by atoms with Crippen molar-refractivity contribution >= 4 is 17.6 Å². The molecule has 2 aromatic carbocycles. The van der Waals surface area contributed by atoms with Crippen LogP contribution in [0.3, 0.4) is 0 Å². The third-order valence-corrected chi connectivity index (χ3v) is 7.46. The van der Waals surface area contributed by atoms with Crippen molar-refractivity contribution < 1.29 is 18.9 Å². The van der Waals surface area contributed by atoms with Gasteiger partial charge in [-0.15, -0.1) is 0 Å². The van der Waals surface area contributed by atoms with Gasteiger partial charge in [-0.2, -0.15) is 4.57 Å². The van der Waals surface area contributed by atoms with Crippen LogP contribution in [-0.4, -0.2) is 18.7 Å². The van der Waals surface area contributed by atoms with E-state index in [0.717, 1.165) is 30.4 Å². The average molecular weight is 539 g/mol. The number of allylic oxidation sites excluding steroid dienone is 3. The molecule has 0 fully saturated rings. The highest BCUT2D eigenvalue weighted by molar-refractivity contribution is 6.08. The fourth-order valence-electron chi connectivity index (χ4n) is 4.80. The second-order valence-electron chi connectivity index (χ2n) is 12.0. The highest BCUT2D eigenvalue weighted by Crippen LogP contribution is 2.34. The maximum absolute atomic E-state index is 13.0. The lowest BCUT2D eigenvalue weighted by Gasteiger charge is -2.29. The number of carbonyl (C=O) groups excluding carboxylic acids is 2. The first-order chi connectivity index (χ1) is 18.9. The van der Waals surface area contributed by atoms with Gasteiger partial charge in [0.05, 0.1) is 12.7 Å². The molecule has 0 aliphatic carbocycles. The first kappa shape index (κ1) is 30.7. The van der Waals surface area contributed by atoms with Crippen LogP contribution in [0.4, 0.5) is 0 Å². The maximum atomic E-state index is 13.0. The number of nitrogens with zero attached hydrogens (tertiary/aromatic N) is 1. The molecule has 0 unspecified atom stereocenters. The summed E-state index contributed by atoms with van der Waals surface area (Å²) >= 11 is 0. The number of pyridine rings is 1. The number of para-hydroxylation sites is 1. The molecule has 0 N–H and O–H groups in total. The third-order valence-electron chi connectivity index (χ3n) is 7.46. The van der Waals surface area contributed by atoms with Crippen LogP contribution in [-0.2, 0) is 22.2 Å². The summed E-state index contributed by atoms with van der Waals surface area (Å²) in [6.45, 7) is 13.5. The number of hydrogen-bond acceptors (Lipinski definition) is 3. The first-order valence-electron chi connectivity index (χ1n) is 14.1. The van der Waals surface area contributed by atoms with E-state index in [1.807, 2.05) is 66.4 Å². The van der Waals surface area contributed by atoms with Crippen LogP contribution >= 0.6 is 0 Å². The normalized spacial score (nSPS) is 12.5. The van der Waals surface area contributed by atoms with Gasteiger partial charge in [0.25, 0.3) is 0 Å². The van der Waals surface area contributed by atoms with Gasteiger partial charge in [-0.05, 0) is 77.5 Å². The molecule has 0 aliphatic heterocycles. The van der Waals surface area contributed by atoms with E-state index < -0.39 is 0 Å². The molecule has 0 radical (unpaired) electrons. The van der Waals surface area contributed by atoms with Gasteiger partial charge in [0, 0.05) is 12.1 Å². The van der Waals surface area contributed by atoms with Crippen LogP contribution in [0.5, 0.6) is 5.75 Å². The zero-order valence-electron chi connectivity index (χ0n) is 25.2. The lowest BCUT2D eigenvalue weighted by atomic mass is 9.76. The Morgan fingerprint density at radius 1 is 0.900 bits per heavy atom. The van der Waals surface area contributed by atoms with Gasteiger partial charge in [0.1, 0.15) is 5.75 Å². The Kier molecular flexibility index (Phi) is 10.4. The number of rotatable bonds is 12. The fourth-order valence-corrected chi connectivity index (χ4v) is 4.80. The zero-order chi connectivity index (χ0) is 29.3. The van der Waals surface area contributed by atoms with Crippen LogP contribution in [0.1, 0.15) is 87.9 Å². The highest BCUT2D eigenvalue weighted by Gasteiger charge is 2.25. The zero-order valence-corrected chi connectivity index (χ0v) is 25.2. The molecule has 0 bridgehead atoms. The molecule has 1 aromatic heterocycles. The number of carbonyl (C=O) groups is 2. The van der Waals surface area contributed by atoms with E-state index in [2.05, 4.69) is 52.8 Å². The number of aromatic nitrogens is 1. The number of hydrogen-bond donors (Lipinski definition) is 0. The summed E-state index contributed by atoms with van der Waals surface area (Å²) in [6.07, 6.45) is 11.9. The molecule has 40 heavy (non-hydrogen) atoms. The quantitative estimate of drug-likeness (QED) is 0.134. The van der Waals surface area contributed by atoms with Crippen LogP contribution in [0.15, 0.2) is 90.8 Å². The number of benzene rings is 2. The van der Waals surface area contributed by atoms with Crippen LogP contribution in [0.25, 0.3) is 6.08 Å². The standard InChI is InChI=1S/C36H44NO3/c1-8-28(33(39)26-37-21-12-9-13-22-37)15-14-20-36(5,6)30-24-27(23-29(25-30)35(2,3)4)18-19-32(38)31-16-10-11-17-34(31)40-7/h8-13,16-19,21-25H,14-15,20,26H2,1-7H3/q+1. The Balaban J connectivity index is 1.77. The molecule has 0 spiro atoms.